The minimum absolute atomic E-state index is 0.102. The summed E-state index contributed by atoms with van der Waals surface area (Å²) in [5, 5.41) is 30.3. The molecule has 0 aliphatic carbocycles. The van der Waals surface area contributed by atoms with Gasteiger partial charge in [0, 0.05) is 32.6 Å². The van der Waals surface area contributed by atoms with Gasteiger partial charge in [0.2, 0.25) is 28.1 Å². The highest BCUT2D eigenvalue weighted by Crippen LogP contribution is 2.43. The number of rotatable bonds is 9. The van der Waals surface area contributed by atoms with Crippen molar-refractivity contribution in [3.05, 3.63) is 87.3 Å². The molecule has 3 unspecified atom stereocenters. The highest BCUT2D eigenvalue weighted by atomic mass is 16.5. The number of nitrogens with zero attached hydrogens (tertiary/aromatic N) is 2. The minimum atomic E-state index is -1.41. The number of methoxy groups -OCH3 is 1. The number of carbonyl (C=O) groups is 4. The van der Waals surface area contributed by atoms with Crippen molar-refractivity contribution in [2.45, 2.75) is 58.7 Å². The van der Waals surface area contributed by atoms with Crippen LogP contribution < -0.4 is 42.1 Å². The van der Waals surface area contributed by atoms with E-state index in [2.05, 4.69) is 5.32 Å². The molecule has 1 aromatic heterocycles. The molecule has 2 heterocycles. The Morgan fingerprint density at radius 2 is 1.50 bits per heavy atom. The summed E-state index contributed by atoms with van der Waals surface area (Å²) >= 11 is 0. The summed E-state index contributed by atoms with van der Waals surface area (Å²) < 4.78 is 12.1. The highest BCUT2D eigenvalue weighted by Gasteiger charge is 2.38. The number of piperazine rings is 1. The maximum atomic E-state index is 14.7. The van der Waals surface area contributed by atoms with Gasteiger partial charge in [-0.15, -0.1) is 0 Å². The fraction of sp³-hybridized carbons (Fsp3) is 0.293. The lowest BCUT2D eigenvalue weighted by Gasteiger charge is -2.36. The van der Waals surface area contributed by atoms with Crippen LogP contribution in [0.15, 0.2) is 54.3 Å². The number of ether oxygens (including phenoxy) is 2. The first kappa shape index (κ1) is 39.1. The average Bonchev–Trinajstić information content (AvgIpc) is 3.18. The second kappa shape index (κ2) is 14.1. The van der Waals surface area contributed by atoms with Gasteiger partial charge in [0.05, 0.1) is 40.6 Å². The predicted molar refractivity (Wildman–Crippen MR) is 211 cm³/mol. The fourth-order valence-corrected chi connectivity index (χ4v) is 7.81. The number of hydrogen-bond acceptors (Lipinski definition) is 13. The number of nitrogens with one attached hydrogen (secondary N) is 1. The topological polar surface area (TPSA) is 253 Å². The van der Waals surface area contributed by atoms with Gasteiger partial charge >= 0.3 is 5.97 Å². The van der Waals surface area contributed by atoms with Crippen molar-refractivity contribution in [2.24, 2.45) is 0 Å². The number of phenols is 2. The van der Waals surface area contributed by atoms with E-state index in [0.29, 0.717) is 6.42 Å². The lowest BCUT2D eigenvalue weighted by atomic mass is 9.91. The monoisotopic (exact) mass is 793 g/mol. The number of pyridine rings is 1. The summed E-state index contributed by atoms with van der Waals surface area (Å²) in [7, 11) is 1.16. The van der Waals surface area contributed by atoms with E-state index in [1.165, 1.54) is 38.1 Å². The van der Waals surface area contributed by atoms with Crippen molar-refractivity contribution < 1.29 is 44.0 Å². The third kappa shape index (κ3) is 5.71. The highest BCUT2D eigenvalue weighted by molar-refractivity contribution is 6.23. The Kier molecular flexibility index (Phi) is 9.49. The fourth-order valence-electron chi connectivity index (χ4n) is 7.81. The van der Waals surface area contributed by atoms with Crippen molar-refractivity contribution in [2.75, 3.05) is 20.3 Å². The summed E-state index contributed by atoms with van der Waals surface area (Å²) in [5.41, 5.74) is -4.72. The van der Waals surface area contributed by atoms with Crippen molar-refractivity contribution in [1.82, 2.24) is 14.8 Å². The number of ketones is 1. The van der Waals surface area contributed by atoms with Crippen molar-refractivity contribution >= 4 is 77.4 Å². The van der Waals surface area contributed by atoms with Crippen LogP contribution in [0, 0.1) is 0 Å². The Hall–Kier alpha value is -7.17. The van der Waals surface area contributed by atoms with Gasteiger partial charge in [-0.05, 0) is 56.5 Å². The zero-order valence-corrected chi connectivity index (χ0v) is 31.7. The number of Topliss-reactive ketones (excluding diaryl/α,β-unsaturated/α-hetero) is 1. The molecule has 0 saturated carbocycles. The number of aromatic nitrogens is 1. The number of carboxylic acids is 1. The average molecular weight is 794 g/mol. The molecule has 6 aromatic rings. The molecule has 7 rings (SSSR count). The first-order chi connectivity index (χ1) is 27.4. The molecule has 2 amide bonds. The van der Waals surface area contributed by atoms with Crippen molar-refractivity contribution in [1.29, 1.82) is 0 Å². The first-order valence-corrected chi connectivity index (χ1v) is 18.1. The third-order valence-corrected chi connectivity index (χ3v) is 10.9. The number of phenolic OH excluding ortho intramolecular Hbond substituents is 2. The molecule has 4 N–H and O–H groups in total. The Bertz CT molecular complexity index is 3140. The van der Waals surface area contributed by atoms with Gasteiger partial charge in [0.1, 0.15) is 48.2 Å². The van der Waals surface area contributed by atoms with Gasteiger partial charge in [-0.1, -0.05) is 13.8 Å². The van der Waals surface area contributed by atoms with Crippen LogP contribution in [0.2, 0.25) is 0 Å². The normalized spacial score (nSPS) is 16.3. The molecule has 1 saturated heterocycles. The number of hydrogen-bond donors (Lipinski definition) is 4. The summed E-state index contributed by atoms with van der Waals surface area (Å²) in [6.45, 7) is 4.55. The van der Waals surface area contributed by atoms with Gasteiger partial charge < -0.3 is 39.6 Å². The van der Waals surface area contributed by atoms with Crippen LogP contribution in [0.4, 0.5) is 0 Å². The minimum Gasteiger partial charge on any atom is -0.507 e. The molecular weight excluding hydrogens is 758 g/mol. The van der Waals surface area contributed by atoms with Crippen LogP contribution in [0.25, 0.3) is 53.9 Å². The molecule has 17 heteroatoms. The smallest absolute Gasteiger partial charge is 0.328 e. The van der Waals surface area contributed by atoms with Crippen molar-refractivity contribution in [3.8, 4) is 23.0 Å². The Labute approximate surface area is 324 Å². The zero-order chi connectivity index (χ0) is 42.2. The Balaban J connectivity index is 1.57. The molecule has 0 spiro atoms. The van der Waals surface area contributed by atoms with Gasteiger partial charge in [-0.25, -0.2) is 4.79 Å². The van der Waals surface area contributed by atoms with Gasteiger partial charge in [-0.3, -0.25) is 38.4 Å². The molecule has 1 fully saturated rings. The second-order valence-electron chi connectivity index (χ2n) is 14.4. The van der Waals surface area contributed by atoms with Crippen molar-refractivity contribution in [3.63, 3.8) is 0 Å². The number of carboxylic acid groups (broad SMARTS) is 1. The van der Waals surface area contributed by atoms with Crippen LogP contribution in [-0.4, -0.2) is 80.7 Å². The molecule has 58 heavy (non-hydrogen) atoms. The summed E-state index contributed by atoms with van der Waals surface area (Å²) in [6.07, 6.45) is 0.425. The van der Waals surface area contributed by atoms with Gasteiger partial charge in [0.25, 0.3) is 5.56 Å². The van der Waals surface area contributed by atoms with Gasteiger partial charge in [-0.2, -0.15) is 0 Å². The van der Waals surface area contributed by atoms with E-state index in [9.17, 15) is 58.5 Å². The van der Waals surface area contributed by atoms with Crippen LogP contribution in [0.5, 0.6) is 23.0 Å². The molecule has 298 valence electrons. The number of aliphatic carboxylic acids is 1. The largest absolute Gasteiger partial charge is 0.507 e. The lowest BCUT2D eigenvalue weighted by molar-refractivity contribution is -0.151. The number of aromatic hydroxyl groups is 2. The molecule has 0 bridgehead atoms. The van der Waals surface area contributed by atoms with Gasteiger partial charge in [0.15, 0.2) is 11.2 Å². The number of amides is 2. The zero-order valence-electron chi connectivity index (χ0n) is 31.7. The summed E-state index contributed by atoms with van der Waals surface area (Å²) in [4.78, 5) is 123. The van der Waals surface area contributed by atoms with E-state index < -0.39 is 138 Å². The Morgan fingerprint density at radius 1 is 0.845 bits per heavy atom. The molecular formula is C41H35N3O14. The summed E-state index contributed by atoms with van der Waals surface area (Å²) in [6, 6.07) is 3.64. The molecule has 5 aromatic carbocycles. The summed E-state index contributed by atoms with van der Waals surface area (Å²) in [5.74, 6) is -5.86. The number of fused-ring (bicyclic) bond motifs is 6. The molecule has 1 aliphatic rings. The number of carbonyl (C=O) groups excluding carboxylic acids is 3. The Morgan fingerprint density at radius 3 is 2.14 bits per heavy atom. The number of benzene rings is 5. The van der Waals surface area contributed by atoms with E-state index in [1.54, 1.807) is 13.8 Å². The van der Waals surface area contributed by atoms with E-state index in [1.807, 2.05) is 0 Å². The van der Waals surface area contributed by atoms with E-state index in [-0.39, 0.29) is 33.4 Å². The standard InChI is InChI=1S/C41H35N3O14/c1-6-15(2)22-11-20-28(40(54)44(22)13-25(47)43-12-21(41(55)56)42-39(53)17(43)4)34(49)26-18(33(20)48)7-8-19-27(26)35(50)31-32(38(19)57-5)37(52)30-24(58-14-16(3)45)10-9-23(46)29(30)36(31)51/h7-11,15,17,21,46,50H,6,12-14H2,1-5H3,(H,42,53)(H,55,56). The quantitative estimate of drug-likeness (QED) is 0.120. The maximum Gasteiger partial charge on any atom is 0.328 e. The van der Waals surface area contributed by atoms with E-state index in [4.69, 9.17) is 9.47 Å². The molecule has 1 aliphatic heterocycles. The first-order valence-electron chi connectivity index (χ1n) is 18.1. The molecule has 17 nitrogen and oxygen atoms in total. The van der Waals surface area contributed by atoms with Crippen LogP contribution in [-0.2, 0) is 25.7 Å². The second-order valence-corrected chi connectivity index (χ2v) is 14.4. The SMILES string of the molecule is CCC(C)c1cc2c(=O)c3ccc4c(OC)c5c(=O)c6c(OCC(C)=O)ccc(O)c6c(=O)c5c(O)c4c3c(=O)c2c(=O)n1CC(=O)N1CC(C(=O)O)NC(=O)C1C. The van der Waals surface area contributed by atoms with Crippen LogP contribution >= 0.6 is 0 Å². The van der Waals surface area contributed by atoms with E-state index >= 15 is 0 Å². The van der Waals surface area contributed by atoms with Crippen LogP contribution in [0.3, 0.4) is 0 Å². The third-order valence-electron chi connectivity index (χ3n) is 10.9. The predicted octanol–water partition coefficient (Wildman–Crippen LogP) is 1.63. The molecule has 0 radical (unpaired) electrons. The van der Waals surface area contributed by atoms with Crippen LogP contribution in [0.1, 0.15) is 45.7 Å². The molecule has 3 atom stereocenters. The maximum absolute atomic E-state index is 14.7. The lowest BCUT2D eigenvalue weighted by Crippen LogP contribution is -2.63. The van der Waals surface area contributed by atoms with E-state index in [0.717, 1.165) is 22.6 Å².